The van der Waals surface area contributed by atoms with Crippen LogP contribution in [0.5, 0.6) is 0 Å². The molecule has 0 aliphatic rings. The molecule has 10 nitrogen and oxygen atoms in total. The fourth-order valence-electron chi connectivity index (χ4n) is 3.93. The van der Waals surface area contributed by atoms with Crippen LogP contribution in [0, 0.1) is 27.7 Å². The number of H-pyrrole nitrogens is 1. The van der Waals surface area contributed by atoms with E-state index < -0.39 is 17.5 Å². The van der Waals surface area contributed by atoms with Crippen molar-refractivity contribution in [2.24, 2.45) is 11.5 Å². The summed E-state index contributed by atoms with van der Waals surface area (Å²) in [6, 6.07) is 30.2. The number of aryl methyl sites for hydroxylation is 4. The molecule has 0 fully saturated rings. The first-order valence-electron chi connectivity index (χ1n) is 14.4. The van der Waals surface area contributed by atoms with E-state index >= 15 is 0 Å². The number of halogens is 1. The summed E-state index contributed by atoms with van der Waals surface area (Å²) in [6.45, 7) is 7.91. The summed E-state index contributed by atoms with van der Waals surface area (Å²) in [5.74, 6) is -1.39. The standard InChI is InChI=1S/C18H16N2O.C16H14O2.C2H6N2O.CH4O.ClH.Na.H2O/c1-12-3-7-14(8-4-12)17-18(20-16(21)11-19-17)15-9-5-13(2)6-10-15;1-11-3-7-13(8-4-11)15(17)16(18)14-9-5-12(2)6-10-14;3-1-2(4)5;1-2;;;/h3-11H,1-2H3,(H,20,21);3-10H,1-2H3;1,3H2,(H2,4,5);2H,1H3;1H;;1H2/q;;;;;+1;/p-1. The zero-order valence-corrected chi connectivity index (χ0v) is 31.4. The third kappa shape index (κ3) is 15.2. The van der Waals surface area contributed by atoms with Crippen molar-refractivity contribution in [3.63, 3.8) is 0 Å². The number of aliphatic hydroxyl groups is 1. The van der Waals surface area contributed by atoms with Crippen molar-refractivity contribution in [2.75, 3.05) is 13.7 Å². The number of aromatic nitrogens is 2. The second kappa shape index (κ2) is 24.0. The van der Waals surface area contributed by atoms with Crippen LogP contribution in [0.2, 0.25) is 0 Å². The number of aliphatic hydroxyl groups excluding tert-OH is 1. The Labute approximate surface area is 315 Å². The first-order chi connectivity index (χ1) is 22.0. The minimum atomic E-state index is -0.468. The number of nitrogens with two attached hydrogens (primary N) is 2. The van der Waals surface area contributed by atoms with E-state index in [4.69, 9.17) is 10.8 Å². The molecule has 0 unspecified atom stereocenters. The Morgan fingerprint density at radius 1 is 0.653 bits per heavy atom. The quantitative estimate of drug-likeness (QED) is 0.118. The molecule has 7 N–H and O–H groups in total. The molecular weight excluding hydrogens is 655 g/mol. The molecule has 0 radical (unpaired) electrons. The topological polar surface area (TPSA) is 199 Å². The Bertz CT molecular complexity index is 1740. The van der Waals surface area contributed by atoms with Gasteiger partial charge in [0.1, 0.15) is 0 Å². The van der Waals surface area contributed by atoms with E-state index in [1.165, 1.54) is 17.3 Å². The fourth-order valence-corrected chi connectivity index (χ4v) is 3.93. The smallest absolute Gasteiger partial charge is 0.870 e. The second-order valence-electron chi connectivity index (χ2n) is 10.3. The van der Waals surface area contributed by atoms with Crippen LogP contribution in [0.25, 0.3) is 22.5 Å². The van der Waals surface area contributed by atoms with Gasteiger partial charge in [-0.05, 0) is 27.7 Å². The molecule has 0 bridgehead atoms. The van der Waals surface area contributed by atoms with Crippen molar-refractivity contribution in [3.05, 3.63) is 147 Å². The molecular formula is C37H42ClN4NaO6. The summed E-state index contributed by atoms with van der Waals surface area (Å²) < 4.78 is 0. The molecule has 12 heteroatoms. The van der Waals surface area contributed by atoms with Crippen molar-refractivity contribution >= 4 is 29.9 Å². The molecule has 1 aromatic heterocycles. The number of rotatable bonds is 6. The van der Waals surface area contributed by atoms with Crippen LogP contribution in [-0.4, -0.2) is 51.7 Å². The maximum Gasteiger partial charge on any atom is 1.00 e. The maximum absolute atomic E-state index is 12.0. The Kier molecular flexibility index (Phi) is 22.9. The summed E-state index contributed by atoms with van der Waals surface area (Å²) in [5.41, 5.74) is 17.9. The van der Waals surface area contributed by atoms with E-state index in [0.29, 0.717) is 11.1 Å². The Morgan fingerprint density at radius 3 is 1.29 bits per heavy atom. The molecule has 1 heterocycles. The maximum atomic E-state index is 12.0. The molecule has 4 aromatic carbocycles. The van der Waals surface area contributed by atoms with Crippen LogP contribution in [0.1, 0.15) is 43.0 Å². The van der Waals surface area contributed by atoms with Crippen LogP contribution in [0.4, 0.5) is 0 Å². The zero-order valence-electron chi connectivity index (χ0n) is 28.6. The van der Waals surface area contributed by atoms with E-state index in [2.05, 4.69) is 15.7 Å². The number of carbonyl (C=O) groups is 3. The Hall–Kier alpha value is -4.26. The SMILES string of the molecule is CO.Cc1ccc(-c2ncc(=O)[nH]c2-c2ccc(C)cc2)cc1.Cc1ccc(C(=O)C(=O)c2ccc(C)cc2)cc1.Cl.NCC(N)=O.[Na+].[OH-]. The number of nitrogens with zero attached hydrogens (tertiary/aromatic N) is 1. The number of Topliss-reactive ketones (excluding diaryl/α,β-unsaturated/α-hetero) is 2. The average molecular weight is 697 g/mol. The molecule has 0 spiro atoms. The van der Waals surface area contributed by atoms with Gasteiger partial charge in [-0.3, -0.25) is 19.2 Å². The third-order valence-electron chi connectivity index (χ3n) is 6.50. The number of amides is 1. The van der Waals surface area contributed by atoms with Gasteiger partial charge in [0.05, 0.1) is 24.1 Å². The fraction of sp³-hybridized carbons (Fsp3) is 0.162. The van der Waals surface area contributed by atoms with E-state index in [1.54, 1.807) is 24.3 Å². The van der Waals surface area contributed by atoms with Crippen molar-refractivity contribution in [1.29, 1.82) is 0 Å². The third-order valence-corrected chi connectivity index (χ3v) is 6.50. The summed E-state index contributed by atoms with van der Waals surface area (Å²) in [4.78, 5) is 52.3. The monoisotopic (exact) mass is 696 g/mol. The van der Waals surface area contributed by atoms with Crippen molar-refractivity contribution in [3.8, 4) is 22.5 Å². The molecule has 0 saturated carbocycles. The number of primary amides is 1. The van der Waals surface area contributed by atoms with Gasteiger partial charge in [-0.1, -0.05) is 119 Å². The van der Waals surface area contributed by atoms with Gasteiger partial charge in [0.25, 0.3) is 5.56 Å². The second-order valence-corrected chi connectivity index (χ2v) is 10.3. The van der Waals surface area contributed by atoms with Gasteiger partial charge in [0.2, 0.25) is 17.5 Å². The van der Waals surface area contributed by atoms with Crippen molar-refractivity contribution < 1.29 is 54.5 Å². The molecule has 254 valence electrons. The van der Waals surface area contributed by atoms with Gasteiger partial charge in [-0.15, -0.1) is 12.4 Å². The predicted octanol–water partition coefficient (Wildman–Crippen LogP) is 2.38. The van der Waals surface area contributed by atoms with Gasteiger partial charge in [0.15, 0.2) is 0 Å². The summed E-state index contributed by atoms with van der Waals surface area (Å²) in [5, 5.41) is 7.00. The first-order valence-corrected chi connectivity index (χ1v) is 14.4. The summed E-state index contributed by atoms with van der Waals surface area (Å²) >= 11 is 0. The normalized spacial score (nSPS) is 9.12. The van der Waals surface area contributed by atoms with Crippen molar-refractivity contribution in [1.82, 2.24) is 9.97 Å². The molecule has 0 saturated heterocycles. The molecule has 5 aromatic rings. The van der Waals surface area contributed by atoms with Crippen LogP contribution in [0.15, 0.2) is 108 Å². The van der Waals surface area contributed by atoms with Gasteiger partial charge in [0, 0.05) is 29.4 Å². The molecule has 49 heavy (non-hydrogen) atoms. The molecule has 1 amide bonds. The first kappa shape index (κ1) is 46.9. The minimum absolute atomic E-state index is 0. The largest absolute Gasteiger partial charge is 1.00 e. The number of hydrogen-bond donors (Lipinski definition) is 4. The zero-order chi connectivity index (χ0) is 34.2. The summed E-state index contributed by atoms with van der Waals surface area (Å²) in [6.07, 6.45) is 1.33. The Morgan fingerprint density at radius 2 is 0.959 bits per heavy atom. The van der Waals surface area contributed by atoms with Crippen LogP contribution in [0.3, 0.4) is 0 Å². The van der Waals surface area contributed by atoms with Gasteiger partial charge < -0.3 is 27.0 Å². The summed E-state index contributed by atoms with van der Waals surface area (Å²) in [7, 11) is 1.00. The van der Waals surface area contributed by atoms with E-state index in [1.807, 2.05) is 100 Å². The van der Waals surface area contributed by atoms with Gasteiger partial charge in [-0.2, -0.15) is 0 Å². The average Bonchev–Trinajstić information content (AvgIpc) is 3.07. The number of carbonyl (C=O) groups excluding carboxylic acids is 3. The van der Waals surface area contributed by atoms with E-state index in [0.717, 1.165) is 40.8 Å². The number of nitrogens with one attached hydrogen (secondary N) is 1. The van der Waals surface area contributed by atoms with E-state index in [9.17, 15) is 19.2 Å². The van der Waals surface area contributed by atoms with E-state index in [-0.39, 0.29) is 59.5 Å². The van der Waals surface area contributed by atoms with Crippen LogP contribution >= 0.6 is 12.4 Å². The minimum Gasteiger partial charge on any atom is -0.870 e. The van der Waals surface area contributed by atoms with Crippen molar-refractivity contribution in [2.45, 2.75) is 27.7 Å². The van der Waals surface area contributed by atoms with Crippen LogP contribution < -0.4 is 46.6 Å². The van der Waals surface area contributed by atoms with Crippen LogP contribution in [-0.2, 0) is 4.79 Å². The number of aromatic amines is 1. The number of benzene rings is 4. The predicted molar refractivity (Wildman–Crippen MR) is 192 cm³/mol. The van der Waals surface area contributed by atoms with Gasteiger partial charge in [-0.25, -0.2) is 4.98 Å². The van der Waals surface area contributed by atoms with Gasteiger partial charge >= 0.3 is 29.6 Å². The number of ketones is 2. The Balaban J connectivity index is 0. The number of hydrogen-bond acceptors (Lipinski definition) is 8. The molecule has 5 rings (SSSR count). The molecule has 0 aliphatic carbocycles. The molecule has 0 aliphatic heterocycles. The molecule has 0 atom stereocenters.